The molecule has 3 aromatic carbocycles. The van der Waals surface area contributed by atoms with Crippen LogP contribution >= 0.6 is 0 Å². The van der Waals surface area contributed by atoms with Gasteiger partial charge in [-0.1, -0.05) is 104 Å². The van der Waals surface area contributed by atoms with Crippen molar-refractivity contribution in [2.24, 2.45) is 11.8 Å². The van der Waals surface area contributed by atoms with Crippen LogP contribution in [-0.2, 0) is 41.4 Å². The van der Waals surface area contributed by atoms with E-state index in [0.29, 0.717) is 59.8 Å². The van der Waals surface area contributed by atoms with Gasteiger partial charge in [0.15, 0.2) is 0 Å². The van der Waals surface area contributed by atoms with Crippen LogP contribution in [0.2, 0.25) is 0 Å². The molecule has 0 saturated heterocycles. The van der Waals surface area contributed by atoms with E-state index in [1.54, 1.807) is 24.3 Å². The van der Waals surface area contributed by atoms with E-state index in [0.717, 1.165) is 64.5 Å². The average Bonchev–Trinajstić information content (AvgIpc) is 3.74. The fourth-order valence-electron chi connectivity index (χ4n) is 8.28. The van der Waals surface area contributed by atoms with Crippen LogP contribution in [0.5, 0.6) is 11.5 Å². The molecule has 0 amide bonds. The molecule has 3 aromatic rings. The van der Waals surface area contributed by atoms with Crippen molar-refractivity contribution in [3.05, 3.63) is 172 Å². The summed E-state index contributed by atoms with van der Waals surface area (Å²) in [5, 5.41) is 24.1. The summed E-state index contributed by atoms with van der Waals surface area (Å²) in [6, 6.07) is 15.8. The third kappa shape index (κ3) is 12.7. The third-order valence-electron chi connectivity index (χ3n) is 11.6. The lowest BCUT2D eigenvalue weighted by Crippen LogP contribution is -2.26. The number of hydrogen-bond acceptors (Lipinski definition) is 10. The summed E-state index contributed by atoms with van der Waals surface area (Å²) < 4.78 is 35.3. The molecule has 7 rings (SSSR count). The number of esters is 2. The number of carbonyl (C=O) groups excluding carboxylic acids is 2. The van der Waals surface area contributed by atoms with Crippen LogP contribution in [0.4, 0.5) is 0 Å². The largest absolute Gasteiger partial charge is 0.498 e. The number of allylic oxidation sites excluding steroid dienone is 12. The third-order valence-corrected chi connectivity index (χ3v) is 11.6. The molecule has 0 bridgehead atoms. The zero-order valence-electron chi connectivity index (χ0n) is 37.5. The normalized spacial score (nSPS) is 19.8. The lowest BCUT2D eigenvalue weighted by Gasteiger charge is -2.23. The molecular formula is C56H58O10. The van der Waals surface area contributed by atoms with E-state index in [2.05, 4.69) is 37.7 Å². The average molecular weight is 891 g/mol. The van der Waals surface area contributed by atoms with Crippen molar-refractivity contribution in [2.45, 2.75) is 64.1 Å². The van der Waals surface area contributed by atoms with Gasteiger partial charge in [-0.05, 0) is 102 Å². The Labute approximate surface area is 387 Å². The van der Waals surface area contributed by atoms with Crippen LogP contribution in [0, 0.1) is 24.2 Å². The molecule has 0 aromatic heterocycles. The first-order chi connectivity index (χ1) is 32.2. The summed E-state index contributed by atoms with van der Waals surface area (Å²) >= 11 is 0. The number of aliphatic hydroxyl groups excluding tert-OH is 2. The van der Waals surface area contributed by atoms with Crippen LogP contribution in [0.15, 0.2) is 150 Å². The van der Waals surface area contributed by atoms with Crippen LogP contribution in [0.1, 0.15) is 61.3 Å². The molecule has 2 N–H and O–H groups in total. The van der Waals surface area contributed by atoms with Crippen molar-refractivity contribution in [3.63, 3.8) is 0 Å². The summed E-state index contributed by atoms with van der Waals surface area (Å²) in [7, 11) is 0. The lowest BCUT2D eigenvalue weighted by atomic mass is 9.87. The topological polar surface area (TPSA) is 130 Å². The summed E-state index contributed by atoms with van der Waals surface area (Å²) in [6.07, 6.45) is 30.7. The summed E-state index contributed by atoms with van der Waals surface area (Å²) in [4.78, 5) is 26.3. The number of terminal acetylenes is 1. The Hall–Kier alpha value is -6.80. The monoisotopic (exact) mass is 890 g/mol. The van der Waals surface area contributed by atoms with Gasteiger partial charge in [-0.25, -0.2) is 9.59 Å². The molecule has 10 nitrogen and oxygen atoms in total. The molecule has 10 heteroatoms. The molecule has 0 fully saturated rings. The maximum atomic E-state index is 13.3. The number of hydrogen-bond donors (Lipinski definition) is 2. The maximum absolute atomic E-state index is 13.3. The van der Waals surface area contributed by atoms with E-state index in [1.165, 1.54) is 0 Å². The standard InChI is InChI=1S/C56H58O10/c1-4-27-61-47-16-8-6-7-15-42(29-38(3)19-24-47)55(59)65-36-45(57)34-63-53-25-22-39-13-9-11-17-49(39)51(53)33-52-50-18-12-10-14-40(50)23-26-54(52)64-35-46(58)37-66-56(60)43-21-20-41-31-48(62-28-5-2)32-44(41)30-43/h1,6-7,9-11,13-14,16-17,19-26,29-31,41,44-46,57-58H,3,5,8,12,15,18,27-28,32-37H2,2H3/b7-6-,24-19?,42-29+,47-16?. The predicted molar refractivity (Wildman–Crippen MR) is 256 cm³/mol. The van der Waals surface area contributed by atoms with Crippen molar-refractivity contribution in [1.82, 2.24) is 0 Å². The molecular weight excluding hydrogens is 833 g/mol. The van der Waals surface area contributed by atoms with Gasteiger partial charge in [-0.15, -0.1) is 6.42 Å². The van der Waals surface area contributed by atoms with Crippen molar-refractivity contribution in [2.75, 3.05) is 39.6 Å². The molecule has 66 heavy (non-hydrogen) atoms. The number of benzene rings is 3. The predicted octanol–water partition coefficient (Wildman–Crippen LogP) is 9.32. The van der Waals surface area contributed by atoms with Crippen molar-refractivity contribution in [3.8, 4) is 23.8 Å². The molecule has 0 heterocycles. The minimum atomic E-state index is -1.13. The summed E-state index contributed by atoms with van der Waals surface area (Å²) in [5.41, 5.74) is 5.47. The Morgan fingerprint density at radius 2 is 1.61 bits per heavy atom. The Kier molecular flexibility index (Phi) is 16.7. The molecule has 342 valence electrons. The highest BCUT2D eigenvalue weighted by Gasteiger charge is 2.30. The van der Waals surface area contributed by atoms with E-state index in [4.69, 9.17) is 34.8 Å². The van der Waals surface area contributed by atoms with Gasteiger partial charge < -0.3 is 38.6 Å². The van der Waals surface area contributed by atoms with Crippen molar-refractivity contribution in [1.29, 1.82) is 0 Å². The highest BCUT2D eigenvalue weighted by Crippen LogP contribution is 2.39. The zero-order valence-corrected chi connectivity index (χ0v) is 37.5. The van der Waals surface area contributed by atoms with Gasteiger partial charge in [-0.3, -0.25) is 0 Å². The van der Waals surface area contributed by atoms with E-state index >= 15 is 0 Å². The van der Waals surface area contributed by atoms with E-state index in [9.17, 15) is 19.8 Å². The SMILES string of the molecule is C#CCOC1=CC/C=C\C/C(C(=O)OCC(O)COc2ccc3ccccc3c2Cc2c(OCC(O)COC(=O)C3=CC4CC(OCCC)=CC4C=C3)ccc3c2CCC=C3)=C\C(=C)C=C1. The minimum Gasteiger partial charge on any atom is -0.498 e. The summed E-state index contributed by atoms with van der Waals surface area (Å²) in [5.74, 6) is 4.46. The van der Waals surface area contributed by atoms with E-state index in [-0.39, 0.29) is 44.9 Å². The molecule has 4 atom stereocenters. The Balaban J connectivity index is 0.996. The molecule has 0 saturated carbocycles. The summed E-state index contributed by atoms with van der Waals surface area (Å²) in [6.45, 7) is 6.17. The molecule has 4 aliphatic rings. The number of carbonyl (C=O) groups is 2. The van der Waals surface area contributed by atoms with E-state index in [1.807, 2.05) is 78.9 Å². The quantitative estimate of drug-likeness (QED) is 0.0683. The van der Waals surface area contributed by atoms with Gasteiger partial charge in [0.2, 0.25) is 0 Å². The Morgan fingerprint density at radius 1 is 0.833 bits per heavy atom. The first-order valence-electron chi connectivity index (χ1n) is 22.7. The highest BCUT2D eigenvalue weighted by molar-refractivity contribution is 5.92. The molecule has 0 radical (unpaired) electrons. The molecule has 0 spiro atoms. The zero-order chi connectivity index (χ0) is 46.3. The fraction of sp³-hybridized carbons (Fsp3) is 0.321. The first-order valence-corrected chi connectivity index (χ1v) is 22.7. The second-order valence-electron chi connectivity index (χ2n) is 16.6. The van der Waals surface area contributed by atoms with Gasteiger partial charge in [0.05, 0.1) is 17.9 Å². The number of rotatable bonds is 19. The van der Waals surface area contributed by atoms with Gasteiger partial charge in [0.1, 0.15) is 62.5 Å². The second-order valence-corrected chi connectivity index (χ2v) is 16.6. The van der Waals surface area contributed by atoms with Crippen molar-refractivity contribution >= 4 is 28.8 Å². The van der Waals surface area contributed by atoms with Crippen LogP contribution in [0.25, 0.3) is 16.8 Å². The maximum Gasteiger partial charge on any atom is 0.337 e. The smallest absolute Gasteiger partial charge is 0.337 e. The van der Waals surface area contributed by atoms with Gasteiger partial charge >= 0.3 is 11.9 Å². The fourth-order valence-corrected chi connectivity index (χ4v) is 8.28. The van der Waals surface area contributed by atoms with E-state index < -0.39 is 24.1 Å². The molecule has 4 unspecified atom stereocenters. The first kappa shape index (κ1) is 47.2. The second kappa shape index (κ2) is 23.4. The van der Waals surface area contributed by atoms with Gasteiger partial charge in [0, 0.05) is 35.5 Å². The Morgan fingerprint density at radius 3 is 2.41 bits per heavy atom. The number of ether oxygens (including phenoxy) is 6. The number of aliphatic hydroxyl groups is 2. The van der Waals surface area contributed by atoms with Crippen molar-refractivity contribution < 1.29 is 48.2 Å². The number of fused-ring (bicyclic) bond motifs is 3. The minimum absolute atomic E-state index is 0.0986. The molecule has 0 aliphatic heterocycles. The van der Waals surface area contributed by atoms with Crippen LogP contribution in [0.3, 0.4) is 0 Å². The molecule has 4 aliphatic carbocycles. The van der Waals surface area contributed by atoms with Crippen LogP contribution < -0.4 is 9.47 Å². The van der Waals surface area contributed by atoms with Gasteiger partial charge in [0.25, 0.3) is 0 Å². The highest BCUT2D eigenvalue weighted by atomic mass is 16.6. The van der Waals surface area contributed by atoms with Crippen LogP contribution in [-0.4, -0.2) is 74.0 Å². The Bertz CT molecular complexity index is 2560. The van der Waals surface area contributed by atoms with Gasteiger partial charge in [-0.2, -0.15) is 0 Å². The lowest BCUT2D eigenvalue weighted by molar-refractivity contribution is -0.143.